The second-order valence-electron chi connectivity index (χ2n) is 6.36. The van der Waals surface area contributed by atoms with E-state index in [9.17, 15) is 4.79 Å². The van der Waals surface area contributed by atoms with E-state index in [-0.39, 0.29) is 11.2 Å². The highest BCUT2D eigenvalue weighted by Crippen LogP contribution is 2.27. The SMILES string of the molecule is COc1ccc(/C=N\N=C2/NC(=O)[C@H](Cc3cccc4ccccc34)S2)cc1. The smallest absolute Gasteiger partial charge is 0.239 e. The molecule has 0 aromatic heterocycles. The van der Waals surface area contributed by atoms with Gasteiger partial charge in [0, 0.05) is 0 Å². The quantitative estimate of drug-likeness (QED) is 0.530. The van der Waals surface area contributed by atoms with Gasteiger partial charge in [-0.05, 0) is 52.6 Å². The topological polar surface area (TPSA) is 63.1 Å². The van der Waals surface area contributed by atoms with E-state index >= 15 is 0 Å². The number of ether oxygens (including phenoxy) is 1. The second kappa shape index (κ2) is 8.27. The number of methoxy groups -OCH3 is 1. The monoisotopic (exact) mass is 389 g/mol. The molecule has 1 aliphatic heterocycles. The lowest BCUT2D eigenvalue weighted by molar-refractivity contribution is -0.118. The molecule has 1 N–H and O–H groups in total. The van der Waals surface area contributed by atoms with E-state index in [0.29, 0.717) is 11.6 Å². The molecule has 28 heavy (non-hydrogen) atoms. The molecule has 1 amide bonds. The third-order valence-corrected chi connectivity index (χ3v) is 5.61. The van der Waals surface area contributed by atoms with Gasteiger partial charge in [-0.25, -0.2) is 0 Å². The molecule has 1 fully saturated rings. The summed E-state index contributed by atoms with van der Waals surface area (Å²) in [5, 5.41) is 13.7. The molecule has 0 spiro atoms. The highest BCUT2D eigenvalue weighted by Gasteiger charge is 2.30. The lowest BCUT2D eigenvalue weighted by Crippen LogP contribution is -2.26. The molecule has 4 rings (SSSR count). The van der Waals surface area contributed by atoms with Crippen molar-refractivity contribution in [3.05, 3.63) is 77.9 Å². The number of carbonyl (C=O) groups is 1. The molecule has 3 aromatic rings. The number of amidine groups is 1. The van der Waals surface area contributed by atoms with Crippen molar-refractivity contribution in [3.8, 4) is 5.75 Å². The van der Waals surface area contributed by atoms with Gasteiger partial charge in [0.25, 0.3) is 0 Å². The minimum Gasteiger partial charge on any atom is -0.497 e. The van der Waals surface area contributed by atoms with Crippen molar-refractivity contribution in [3.63, 3.8) is 0 Å². The van der Waals surface area contributed by atoms with Gasteiger partial charge in [0.15, 0.2) is 5.17 Å². The molecule has 0 radical (unpaired) electrons. The molecule has 0 aliphatic carbocycles. The Morgan fingerprint density at radius 2 is 1.86 bits per heavy atom. The van der Waals surface area contributed by atoms with Gasteiger partial charge < -0.3 is 10.1 Å². The Balaban J connectivity index is 1.44. The van der Waals surface area contributed by atoms with Crippen LogP contribution in [0.25, 0.3) is 10.8 Å². The Hall–Kier alpha value is -3.12. The summed E-state index contributed by atoms with van der Waals surface area (Å²) in [6, 6.07) is 21.9. The van der Waals surface area contributed by atoms with Crippen LogP contribution in [0.2, 0.25) is 0 Å². The number of benzene rings is 3. The fraction of sp³-hybridized carbons (Fsp3) is 0.136. The summed E-state index contributed by atoms with van der Waals surface area (Å²) in [7, 11) is 1.63. The molecule has 6 heteroatoms. The standard InChI is InChI=1S/C22H19N3O2S/c1-27-18-11-9-15(10-12-18)14-23-25-22-24-21(26)20(28-22)13-17-7-4-6-16-5-2-3-8-19(16)17/h2-12,14,20H,13H2,1H3,(H,24,25,26)/b23-14-/t20-/m0/s1. The summed E-state index contributed by atoms with van der Waals surface area (Å²) < 4.78 is 5.13. The number of nitrogens with one attached hydrogen (secondary N) is 1. The molecule has 1 saturated heterocycles. The van der Waals surface area contributed by atoms with Crippen LogP contribution >= 0.6 is 11.8 Å². The first kappa shape index (κ1) is 18.3. The summed E-state index contributed by atoms with van der Waals surface area (Å²) in [5.74, 6) is 0.759. The maximum absolute atomic E-state index is 12.4. The molecule has 0 saturated carbocycles. The van der Waals surface area contributed by atoms with Crippen molar-refractivity contribution in [1.29, 1.82) is 0 Å². The summed E-state index contributed by atoms with van der Waals surface area (Å²) in [6.07, 6.45) is 2.30. The summed E-state index contributed by atoms with van der Waals surface area (Å²) in [4.78, 5) is 12.4. The molecular weight excluding hydrogens is 370 g/mol. The Kier molecular flexibility index (Phi) is 5.39. The number of hydrogen-bond acceptors (Lipinski definition) is 5. The highest BCUT2D eigenvalue weighted by atomic mass is 32.2. The zero-order valence-electron chi connectivity index (χ0n) is 15.3. The minimum atomic E-state index is -0.208. The third-order valence-electron chi connectivity index (χ3n) is 4.53. The Morgan fingerprint density at radius 1 is 1.07 bits per heavy atom. The largest absolute Gasteiger partial charge is 0.497 e. The van der Waals surface area contributed by atoms with Crippen LogP contribution in [-0.2, 0) is 11.2 Å². The second-order valence-corrected chi connectivity index (χ2v) is 7.55. The first-order valence-electron chi connectivity index (χ1n) is 8.92. The molecule has 0 bridgehead atoms. The zero-order chi connectivity index (χ0) is 19.3. The lowest BCUT2D eigenvalue weighted by Gasteiger charge is -2.09. The van der Waals surface area contributed by atoms with Crippen molar-refractivity contribution in [1.82, 2.24) is 5.32 Å². The van der Waals surface area contributed by atoms with Crippen molar-refractivity contribution < 1.29 is 9.53 Å². The third kappa shape index (κ3) is 4.07. The number of fused-ring (bicyclic) bond motifs is 1. The van der Waals surface area contributed by atoms with E-state index < -0.39 is 0 Å². The van der Waals surface area contributed by atoms with Crippen LogP contribution in [0.3, 0.4) is 0 Å². The maximum atomic E-state index is 12.4. The molecule has 1 heterocycles. The maximum Gasteiger partial charge on any atom is 0.239 e. The van der Waals surface area contributed by atoms with Gasteiger partial charge in [-0.15, -0.1) is 5.10 Å². The molecular formula is C22H19N3O2S. The van der Waals surface area contributed by atoms with Gasteiger partial charge in [-0.3, -0.25) is 4.79 Å². The number of rotatable bonds is 5. The molecule has 140 valence electrons. The fourth-order valence-corrected chi connectivity index (χ4v) is 4.05. The Labute approximate surface area is 167 Å². The van der Waals surface area contributed by atoms with Gasteiger partial charge in [-0.2, -0.15) is 5.10 Å². The summed E-state index contributed by atoms with van der Waals surface area (Å²) in [6.45, 7) is 0. The van der Waals surface area contributed by atoms with Crippen LogP contribution in [0.1, 0.15) is 11.1 Å². The molecule has 5 nitrogen and oxygen atoms in total. The van der Waals surface area contributed by atoms with E-state index in [2.05, 4.69) is 39.8 Å². The van der Waals surface area contributed by atoms with Crippen molar-refractivity contribution >= 4 is 39.8 Å². The van der Waals surface area contributed by atoms with Crippen LogP contribution < -0.4 is 10.1 Å². The first-order valence-corrected chi connectivity index (χ1v) is 9.80. The summed E-state index contributed by atoms with van der Waals surface area (Å²) >= 11 is 1.42. The number of hydrogen-bond donors (Lipinski definition) is 1. The van der Waals surface area contributed by atoms with Crippen molar-refractivity contribution in [2.75, 3.05) is 7.11 Å². The average Bonchev–Trinajstić information content (AvgIpc) is 3.08. The van der Waals surface area contributed by atoms with Gasteiger partial charge in [-0.1, -0.05) is 54.2 Å². The Morgan fingerprint density at radius 3 is 2.68 bits per heavy atom. The number of nitrogens with zero attached hydrogens (tertiary/aromatic N) is 2. The van der Waals surface area contributed by atoms with Crippen LogP contribution in [0.15, 0.2) is 76.9 Å². The van der Waals surface area contributed by atoms with E-state index in [4.69, 9.17) is 4.74 Å². The predicted molar refractivity (Wildman–Crippen MR) is 115 cm³/mol. The van der Waals surface area contributed by atoms with Gasteiger partial charge in [0.05, 0.1) is 18.6 Å². The molecule has 1 aliphatic rings. The van der Waals surface area contributed by atoms with Crippen molar-refractivity contribution in [2.24, 2.45) is 10.2 Å². The van der Waals surface area contributed by atoms with Gasteiger partial charge in [0.1, 0.15) is 5.75 Å². The van der Waals surface area contributed by atoms with E-state index in [0.717, 1.165) is 16.9 Å². The molecule has 0 unspecified atom stereocenters. The Bertz CT molecular complexity index is 1060. The van der Waals surface area contributed by atoms with Crippen LogP contribution in [0.4, 0.5) is 0 Å². The molecule has 3 aromatic carbocycles. The molecule has 1 atom stereocenters. The number of carbonyl (C=O) groups excluding carboxylic acids is 1. The van der Waals surface area contributed by atoms with E-state index in [1.165, 1.54) is 22.5 Å². The lowest BCUT2D eigenvalue weighted by atomic mass is 10.0. The van der Waals surface area contributed by atoms with Crippen molar-refractivity contribution in [2.45, 2.75) is 11.7 Å². The summed E-state index contributed by atoms with van der Waals surface area (Å²) in [5.41, 5.74) is 2.07. The van der Waals surface area contributed by atoms with Gasteiger partial charge >= 0.3 is 0 Å². The van der Waals surface area contributed by atoms with E-state index in [1.807, 2.05) is 42.5 Å². The van der Waals surface area contributed by atoms with Crippen LogP contribution in [-0.4, -0.2) is 29.6 Å². The number of amides is 1. The van der Waals surface area contributed by atoms with Gasteiger partial charge in [0.2, 0.25) is 5.91 Å². The number of thioether (sulfide) groups is 1. The highest BCUT2D eigenvalue weighted by molar-refractivity contribution is 8.15. The van der Waals surface area contributed by atoms with Crippen LogP contribution in [0, 0.1) is 0 Å². The van der Waals surface area contributed by atoms with Crippen LogP contribution in [0.5, 0.6) is 5.75 Å². The fourth-order valence-electron chi connectivity index (χ4n) is 3.09. The first-order chi connectivity index (χ1) is 13.7. The normalized spacial score (nSPS) is 18.1. The minimum absolute atomic E-state index is 0.0312. The average molecular weight is 389 g/mol. The van der Waals surface area contributed by atoms with E-state index in [1.54, 1.807) is 13.3 Å². The zero-order valence-corrected chi connectivity index (χ0v) is 16.1. The predicted octanol–water partition coefficient (Wildman–Crippen LogP) is 4.01.